The van der Waals surface area contributed by atoms with Gasteiger partial charge in [0.25, 0.3) is 0 Å². The van der Waals surface area contributed by atoms with Crippen molar-refractivity contribution in [2.75, 3.05) is 41.7 Å². The average Bonchev–Trinajstić information content (AvgIpc) is 2.48. The maximum Gasteiger partial charge on any atom is 0.148 e. The Kier molecular flexibility index (Phi) is 3.88. The molecule has 0 radical (unpaired) electrons. The molecule has 0 aromatic heterocycles. The lowest BCUT2D eigenvalue weighted by molar-refractivity contribution is 0.598. The number of benzene rings is 2. The van der Waals surface area contributed by atoms with E-state index >= 15 is 0 Å². The van der Waals surface area contributed by atoms with Crippen LogP contribution in [-0.2, 0) is 0 Å². The predicted molar refractivity (Wildman–Crippen MR) is 86.7 cm³/mol. The summed E-state index contributed by atoms with van der Waals surface area (Å²) >= 11 is 6.22. The van der Waals surface area contributed by atoms with Gasteiger partial charge in [0.2, 0.25) is 0 Å². The number of nitrogens with two attached hydrogens (primary N) is 1. The summed E-state index contributed by atoms with van der Waals surface area (Å²) in [6.07, 6.45) is 0. The highest BCUT2D eigenvalue weighted by atomic mass is 35.5. The molecule has 0 unspecified atom stereocenters. The van der Waals surface area contributed by atoms with Crippen LogP contribution in [0, 0.1) is 5.82 Å². The van der Waals surface area contributed by atoms with Crippen molar-refractivity contribution in [2.24, 2.45) is 0 Å². The van der Waals surface area contributed by atoms with Crippen LogP contribution < -0.4 is 15.5 Å². The first kappa shape index (κ1) is 14.0. The van der Waals surface area contributed by atoms with E-state index in [1.54, 1.807) is 12.1 Å². The minimum atomic E-state index is -0.263. The van der Waals surface area contributed by atoms with Gasteiger partial charge in [-0.2, -0.15) is 0 Å². The number of nitrogen functional groups attached to an aromatic ring is 1. The van der Waals surface area contributed by atoms with Gasteiger partial charge in [0.15, 0.2) is 0 Å². The van der Waals surface area contributed by atoms with Crippen molar-refractivity contribution >= 4 is 28.7 Å². The molecule has 0 amide bonds. The quantitative estimate of drug-likeness (QED) is 0.863. The second-order valence-corrected chi connectivity index (χ2v) is 5.54. The molecule has 1 aliphatic rings. The molecule has 5 heteroatoms. The number of hydrogen-bond donors (Lipinski definition) is 1. The lowest BCUT2D eigenvalue weighted by Gasteiger charge is -2.37. The van der Waals surface area contributed by atoms with E-state index in [9.17, 15) is 4.39 Å². The second kappa shape index (κ2) is 5.82. The summed E-state index contributed by atoms with van der Waals surface area (Å²) in [6.45, 7) is 3.14. The van der Waals surface area contributed by atoms with Gasteiger partial charge >= 0.3 is 0 Å². The maximum atomic E-state index is 14.0. The molecule has 3 rings (SSSR count). The summed E-state index contributed by atoms with van der Waals surface area (Å²) in [5.41, 5.74) is 7.69. The smallest absolute Gasteiger partial charge is 0.148 e. The lowest BCUT2D eigenvalue weighted by atomic mass is 10.2. The van der Waals surface area contributed by atoms with Crippen LogP contribution in [0.25, 0.3) is 0 Å². The van der Waals surface area contributed by atoms with Crippen LogP contribution in [0.5, 0.6) is 0 Å². The number of piperazine rings is 1. The second-order valence-electron chi connectivity index (χ2n) is 5.14. The van der Waals surface area contributed by atoms with Crippen molar-refractivity contribution in [3.05, 3.63) is 53.3 Å². The van der Waals surface area contributed by atoms with Gasteiger partial charge in [-0.05, 0) is 30.3 Å². The summed E-state index contributed by atoms with van der Waals surface area (Å²) in [4.78, 5) is 4.27. The molecule has 1 saturated heterocycles. The SMILES string of the molecule is Nc1ccc(N2CCN(c3ccccc3Cl)CC2)c(F)c1. The normalized spacial score (nSPS) is 15.3. The fourth-order valence-electron chi connectivity index (χ4n) is 2.68. The van der Waals surface area contributed by atoms with Crippen LogP contribution in [0.1, 0.15) is 0 Å². The Morgan fingerprint density at radius 3 is 2.14 bits per heavy atom. The first-order valence-corrected chi connectivity index (χ1v) is 7.32. The monoisotopic (exact) mass is 305 g/mol. The topological polar surface area (TPSA) is 32.5 Å². The van der Waals surface area contributed by atoms with Gasteiger partial charge in [-0.15, -0.1) is 0 Å². The predicted octanol–water partition coefficient (Wildman–Crippen LogP) is 3.39. The van der Waals surface area contributed by atoms with Gasteiger partial charge < -0.3 is 15.5 Å². The van der Waals surface area contributed by atoms with Crippen LogP contribution in [0.2, 0.25) is 5.02 Å². The maximum absolute atomic E-state index is 14.0. The van der Waals surface area contributed by atoms with Crippen LogP contribution in [0.15, 0.2) is 42.5 Å². The molecular formula is C16H17ClFN3. The number of hydrogen-bond acceptors (Lipinski definition) is 3. The first-order chi connectivity index (χ1) is 10.1. The van der Waals surface area contributed by atoms with E-state index in [0.29, 0.717) is 11.4 Å². The minimum Gasteiger partial charge on any atom is -0.399 e. The van der Waals surface area contributed by atoms with Crippen molar-refractivity contribution in [1.82, 2.24) is 0 Å². The summed E-state index contributed by atoms with van der Waals surface area (Å²) in [6, 6.07) is 12.7. The molecule has 0 saturated carbocycles. The number of rotatable bonds is 2. The lowest BCUT2D eigenvalue weighted by Crippen LogP contribution is -2.46. The van der Waals surface area contributed by atoms with E-state index in [-0.39, 0.29) is 5.82 Å². The van der Waals surface area contributed by atoms with Crippen LogP contribution in [0.3, 0.4) is 0 Å². The Balaban J connectivity index is 1.72. The van der Waals surface area contributed by atoms with Gasteiger partial charge in [0.1, 0.15) is 5.82 Å². The first-order valence-electron chi connectivity index (χ1n) is 6.94. The van der Waals surface area contributed by atoms with Crippen LogP contribution in [-0.4, -0.2) is 26.2 Å². The standard InChI is InChI=1S/C16H17ClFN3/c17-13-3-1-2-4-15(13)20-7-9-21(10-8-20)16-6-5-12(19)11-14(16)18/h1-6,11H,7-10,19H2. The van der Waals surface area contributed by atoms with E-state index in [0.717, 1.165) is 36.9 Å². The Morgan fingerprint density at radius 1 is 0.905 bits per heavy atom. The van der Waals surface area contributed by atoms with Gasteiger partial charge in [-0.3, -0.25) is 0 Å². The molecule has 2 N–H and O–H groups in total. The average molecular weight is 306 g/mol. The van der Waals surface area contributed by atoms with Crippen LogP contribution >= 0.6 is 11.6 Å². The van der Waals surface area contributed by atoms with Gasteiger partial charge in [-0.25, -0.2) is 4.39 Å². The third-order valence-corrected chi connectivity index (χ3v) is 4.10. The number of nitrogens with zero attached hydrogens (tertiary/aromatic N) is 2. The largest absolute Gasteiger partial charge is 0.399 e. The number of halogens is 2. The highest BCUT2D eigenvalue weighted by Crippen LogP contribution is 2.28. The molecule has 0 spiro atoms. The van der Waals surface area contributed by atoms with E-state index in [4.69, 9.17) is 17.3 Å². The van der Waals surface area contributed by atoms with Gasteiger partial charge in [0, 0.05) is 31.9 Å². The Hall–Kier alpha value is -1.94. The zero-order valence-corrected chi connectivity index (χ0v) is 12.4. The molecule has 1 heterocycles. The fraction of sp³-hybridized carbons (Fsp3) is 0.250. The Bertz CT molecular complexity index is 639. The minimum absolute atomic E-state index is 0.263. The summed E-state index contributed by atoms with van der Waals surface area (Å²) in [5, 5.41) is 0.754. The van der Waals surface area contributed by atoms with Crippen molar-refractivity contribution in [3.8, 4) is 0 Å². The molecule has 21 heavy (non-hydrogen) atoms. The van der Waals surface area contributed by atoms with Crippen molar-refractivity contribution in [1.29, 1.82) is 0 Å². The van der Waals surface area contributed by atoms with E-state index < -0.39 is 0 Å². The highest BCUT2D eigenvalue weighted by molar-refractivity contribution is 6.33. The Labute approximate surface area is 128 Å². The van der Waals surface area contributed by atoms with E-state index in [2.05, 4.69) is 4.90 Å². The van der Waals surface area contributed by atoms with Gasteiger partial charge in [0.05, 0.1) is 16.4 Å². The fourth-order valence-corrected chi connectivity index (χ4v) is 2.93. The summed E-state index contributed by atoms with van der Waals surface area (Å²) in [7, 11) is 0. The zero-order chi connectivity index (χ0) is 14.8. The summed E-state index contributed by atoms with van der Waals surface area (Å²) < 4.78 is 14.0. The molecule has 0 atom stereocenters. The molecule has 3 nitrogen and oxygen atoms in total. The number of anilines is 3. The van der Waals surface area contributed by atoms with Crippen LogP contribution in [0.4, 0.5) is 21.5 Å². The third-order valence-electron chi connectivity index (χ3n) is 3.79. The van der Waals surface area contributed by atoms with Crippen molar-refractivity contribution in [2.45, 2.75) is 0 Å². The van der Waals surface area contributed by atoms with E-state index in [1.165, 1.54) is 6.07 Å². The number of para-hydroxylation sites is 1. The molecule has 0 aliphatic carbocycles. The molecule has 1 fully saturated rings. The molecule has 0 bridgehead atoms. The third kappa shape index (κ3) is 2.90. The van der Waals surface area contributed by atoms with Crippen molar-refractivity contribution < 1.29 is 4.39 Å². The molecular weight excluding hydrogens is 289 g/mol. The molecule has 2 aromatic rings. The highest BCUT2D eigenvalue weighted by Gasteiger charge is 2.20. The summed E-state index contributed by atoms with van der Waals surface area (Å²) in [5.74, 6) is -0.263. The Morgan fingerprint density at radius 2 is 1.52 bits per heavy atom. The zero-order valence-electron chi connectivity index (χ0n) is 11.6. The van der Waals surface area contributed by atoms with Crippen molar-refractivity contribution in [3.63, 3.8) is 0 Å². The molecule has 110 valence electrons. The molecule has 1 aliphatic heterocycles. The van der Waals surface area contributed by atoms with Gasteiger partial charge in [-0.1, -0.05) is 23.7 Å². The molecule has 2 aromatic carbocycles. The van der Waals surface area contributed by atoms with E-state index in [1.807, 2.05) is 29.2 Å².